The van der Waals surface area contributed by atoms with E-state index in [4.69, 9.17) is 9.47 Å². The molecule has 0 fully saturated rings. The molecule has 0 bridgehead atoms. The summed E-state index contributed by atoms with van der Waals surface area (Å²) >= 11 is 0. The molecule has 0 aliphatic rings. The molecule has 0 heterocycles. The van der Waals surface area contributed by atoms with Crippen molar-refractivity contribution in [3.8, 4) is 0 Å². The Morgan fingerprint density at radius 1 is 1.19 bits per heavy atom. The molecule has 1 N–H and O–H groups in total. The van der Waals surface area contributed by atoms with Crippen LogP contribution in [0.5, 0.6) is 0 Å². The van der Waals surface area contributed by atoms with Gasteiger partial charge in [0.2, 0.25) is 0 Å². The maximum absolute atomic E-state index is 13.4. The second-order valence-corrected chi connectivity index (χ2v) is 6.44. The summed E-state index contributed by atoms with van der Waals surface area (Å²) in [5.74, 6) is -0.239. The first-order valence-corrected chi connectivity index (χ1v) is 7.52. The molecular formula is C17H28FNO2. The number of hydrogen-bond acceptors (Lipinski definition) is 3. The first kappa shape index (κ1) is 18.1. The first-order valence-electron chi connectivity index (χ1n) is 7.52. The zero-order chi connectivity index (χ0) is 15.9. The van der Waals surface area contributed by atoms with Gasteiger partial charge in [-0.1, -0.05) is 26.0 Å². The maximum Gasteiger partial charge on any atom is 0.123 e. The minimum Gasteiger partial charge on any atom is -0.373 e. The van der Waals surface area contributed by atoms with Crippen LogP contribution in [0.2, 0.25) is 0 Å². The highest BCUT2D eigenvalue weighted by Crippen LogP contribution is 2.18. The number of rotatable bonds is 8. The van der Waals surface area contributed by atoms with E-state index in [9.17, 15) is 4.39 Å². The van der Waals surface area contributed by atoms with E-state index in [0.717, 1.165) is 5.56 Å². The Bertz CT molecular complexity index is 415. The van der Waals surface area contributed by atoms with Crippen molar-refractivity contribution in [3.63, 3.8) is 0 Å². The van der Waals surface area contributed by atoms with E-state index >= 15 is 0 Å². The monoisotopic (exact) mass is 297 g/mol. The molecule has 1 unspecified atom stereocenters. The molecule has 0 radical (unpaired) electrons. The Balaban J connectivity index is 2.56. The normalized spacial score (nSPS) is 13.7. The van der Waals surface area contributed by atoms with Crippen LogP contribution in [0.4, 0.5) is 4.39 Å². The molecule has 4 heteroatoms. The Morgan fingerprint density at radius 2 is 1.90 bits per heavy atom. The highest BCUT2D eigenvalue weighted by molar-refractivity contribution is 5.19. The topological polar surface area (TPSA) is 30.5 Å². The highest BCUT2D eigenvalue weighted by atomic mass is 19.1. The molecular weight excluding hydrogens is 269 g/mol. The molecule has 0 aliphatic carbocycles. The van der Waals surface area contributed by atoms with E-state index in [0.29, 0.717) is 25.8 Å². The van der Waals surface area contributed by atoms with E-state index in [1.165, 1.54) is 12.1 Å². The van der Waals surface area contributed by atoms with Crippen molar-refractivity contribution in [3.05, 3.63) is 35.6 Å². The van der Waals surface area contributed by atoms with E-state index in [1.54, 1.807) is 6.07 Å². The number of ether oxygens (including phenoxy) is 2. The van der Waals surface area contributed by atoms with Gasteiger partial charge >= 0.3 is 0 Å². The van der Waals surface area contributed by atoms with Gasteiger partial charge in [0.1, 0.15) is 5.82 Å². The molecule has 0 amide bonds. The number of halogens is 1. The van der Waals surface area contributed by atoms with E-state index in [1.807, 2.05) is 26.8 Å². The van der Waals surface area contributed by atoms with Crippen LogP contribution in [0.25, 0.3) is 0 Å². The average molecular weight is 297 g/mol. The van der Waals surface area contributed by atoms with Crippen molar-refractivity contribution in [2.24, 2.45) is 0 Å². The van der Waals surface area contributed by atoms with Crippen LogP contribution in [0.1, 0.15) is 46.3 Å². The molecule has 21 heavy (non-hydrogen) atoms. The van der Waals surface area contributed by atoms with Gasteiger partial charge in [0.15, 0.2) is 0 Å². The number of benzene rings is 1. The van der Waals surface area contributed by atoms with Crippen LogP contribution in [0.15, 0.2) is 24.3 Å². The van der Waals surface area contributed by atoms with Gasteiger partial charge in [-0.25, -0.2) is 4.39 Å². The lowest BCUT2D eigenvalue weighted by Gasteiger charge is -2.23. The van der Waals surface area contributed by atoms with Crippen molar-refractivity contribution < 1.29 is 13.9 Å². The predicted molar refractivity (Wildman–Crippen MR) is 83.9 cm³/mol. The Hall–Kier alpha value is -0.970. The Morgan fingerprint density at radius 3 is 2.48 bits per heavy atom. The summed E-state index contributed by atoms with van der Waals surface area (Å²) < 4.78 is 24.9. The highest BCUT2D eigenvalue weighted by Gasteiger charge is 2.15. The quantitative estimate of drug-likeness (QED) is 0.742. The molecule has 0 saturated heterocycles. The average Bonchev–Trinajstić information content (AvgIpc) is 2.36. The van der Waals surface area contributed by atoms with Crippen molar-refractivity contribution in [1.29, 1.82) is 0 Å². The van der Waals surface area contributed by atoms with E-state index < -0.39 is 0 Å². The molecule has 1 rings (SSSR count). The van der Waals surface area contributed by atoms with Crippen LogP contribution in [0, 0.1) is 5.82 Å². The van der Waals surface area contributed by atoms with Crippen LogP contribution in [0.3, 0.4) is 0 Å². The fraction of sp³-hybridized carbons (Fsp3) is 0.647. The standard InChI is InChI=1S/C17H28FNO2/c1-13(2)19-12-16(14-7-6-8-15(18)11-14)20-9-10-21-17(3,4)5/h6-8,11,13,16,19H,9-10,12H2,1-5H3. The third-order valence-corrected chi connectivity index (χ3v) is 2.87. The van der Waals surface area contributed by atoms with Gasteiger partial charge in [-0.05, 0) is 38.5 Å². The van der Waals surface area contributed by atoms with Crippen LogP contribution >= 0.6 is 0 Å². The van der Waals surface area contributed by atoms with Gasteiger partial charge in [0.25, 0.3) is 0 Å². The van der Waals surface area contributed by atoms with Gasteiger partial charge in [0.05, 0.1) is 24.9 Å². The summed E-state index contributed by atoms with van der Waals surface area (Å²) in [4.78, 5) is 0. The fourth-order valence-electron chi connectivity index (χ4n) is 1.86. The molecule has 0 aromatic heterocycles. The van der Waals surface area contributed by atoms with Gasteiger partial charge in [-0.3, -0.25) is 0 Å². The second kappa shape index (κ2) is 8.47. The summed E-state index contributed by atoms with van der Waals surface area (Å²) in [7, 11) is 0. The Kier molecular flexibility index (Phi) is 7.29. The van der Waals surface area contributed by atoms with E-state index in [2.05, 4.69) is 19.2 Å². The van der Waals surface area contributed by atoms with Gasteiger partial charge in [-0.2, -0.15) is 0 Å². The molecule has 1 aromatic carbocycles. The second-order valence-electron chi connectivity index (χ2n) is 6.44. The smallest absolute Gasteiger partial charge is 0.123 e. The lowest BCUT2D eigenvalue weighted by atomic mass is 10.1. The molecule has 0 aliphatic heterocycles. The number of hydrogen-bond donors (Lipinski definition) is 1. The van der Waals surface area contributed by atoms with E-state index in [-0.39, 0.29) is 17.5 Å². The summed E-state index contributed by atoms with van der Waals surface area (Å²) in [6.45, 7) is 11.8. The largest absolute Gasteiger partial charge is 0.373 e. The zero-order valence-electron chi connectivity index (χ0n) is 13.8. The van der Waals surface area contributed by atoms with Crippen LogP contribution in [-0.2, 0) is 9.47 Å². The summed E-state index contributed by atoms with van der Waals surface area (Å²) in [5.41, 5.74) is 0.673. The summed E-state index contributed by atoms with van der Waals surface area (Å²) in [5, 5.41) is 3.33. The SMILES string of the molecule is CC(C)NCC(OCCOC(C)(C)C)c1cccc(F)c1. The minimum absolute atomic E-state index is 0.173. The lowest BCUT2D eigenvalue weighted by Crippen LogP contribution is -2.30. The third kappa shape index (κ3) is 8.15. The van der Waals surface area contributed by atoms with Crippen LogP contribution < -0.4 is 5.32 Å². The molecule has 0 saturated carbocycles. The molecule has 1 aromatic rings. The molecule has 3 nitrogen and oxygen atoms in total. The maximum atomic E-state index is 13.4. The van der Waals surface area contributed by atoms with Crippen molar-refractivity contribution in [2.45, 2.75) is 52.4 Å². The summed E-state index contributed by atoms with van der Waals surface area (Å²) in [6.07, 6.45) is -0.174. The number of nitrogens with one attached hydrogen (secondary N) is 1. The molecule has 120 valence electrons. The van der Waals surface area contributed by atoms with Crippen molar-refractivity contribution in [2.75, 3.05) is 19.8 Å². The Labute approximate surface area is 127 Å². The summed E-state index contributed by atoms with van der Waals surface area (Å²) in [6, 6.07) is 6.93. The van der Waals surface area contributed by atoms with Gasteiger partial charge in [-0.15, -0.1) is 0 Å². The third-order valence-electron chi connectivity index (χ3n) is 2.87. The van der Waals surface area contributed by atoms with Crippen molar-refractivity contribution >= 4 is 0 Å². The predicted octanol–water partition coefficient (Wildman–Crippen LogP) is 3.70. The minimum atomic E-state index is -0.239. The van der Waals surface area contributed by atoms with Gasteiger partial charge in [0, 0.05) is 12.6 Å². The lowest BCUT2D eigenvalue weighted by molar-refractivity contribution is -0.0521. The molecule has 0 spiro atoms. The fourth-order valence-corrected chi connectivity index (χ4v) is 1.86. The van der Waals surface area contributed by atoms with Gasteiger partial charge < -0.3 is 14.8 Å². The molecule has 1 atom stereocenters. The zero-order valence-corrected chi connectivity index (χ0v) is 13.8. The van der Waals surface area contributed by atoms with Crippen molar-refractivity contribution in [1.82, 2.24) is 5.32 Å². The first-order chi connectivity index (χ1) is 9.78. The van der Waals surface area contributed by atoms with Crippen LogP contribution in [-0.4, -0.2) is 31.4 Å².